The maximum Gasteiger partial charge on any atom is 0.410 e. The van der Waals surface area contributed by atoms with E-state index in [9.17, 15) is 10.1 Å². The molecule has 0 saturated carbocycles. The fourth-order valence-corrected chi connectivity index (χ4v) is 10.1. The Morgan fingerprint density at radius 3 is 2.52 bits per heavy atom. The molecule has 0 spiro atoms. The average molecular weight is 777 g/mol. The normalized spacial score (nSPS) is 21.0. The highest BCUT2D eigenvalue weighted by Gasteiger charge is 2.46. The van der Waals surface area contributed by atoms with Gasteiger partial charge in [-0.25, -0.2) is 18.6 Å². The van der Waals surface area contributed by atoms with E-state index in [2.05, 4.69) is 20.9 Å². The molecule has 2 atom stereocenters. The molecule has 284 valence electrons. The summed E-state index contributed by atoms with van der Waals surface area (Å²) in [7, 11) is 3.58. The van der Waals surface area contributed by atoms with Gasteiger partial charge < -0.3 is 19.3 Å². The van der Waals surface area contributed by atoms with E-state index in [1.807, 2.05) is 25.7 Å². The van der Waals surface area contributed by atoms with Gasteiger partial charge in [0, 0.05) is 43.5 Å². The van der Waals surface area contributed by atoms with E-state index in [4.69, 9.17) is 31.0 Å². The van der Waals surface area contributed by atoms with Crippen molar-refractivity contribution in [1.82, 2.24) is 24.7 Å². The van der Waals surface area contributed by atoms with Crippen LogP contribution in [0, 0.1) is 23.0 Å². The topological polar surface area (TPSA) is 110 Å². The Kier molecular flexibility index (Phi) is 9.34. The van der Waals surface area contributed by atoms with Crippen LogP contribution in [-0.2, 0) is 4.74 Å². The number of rotatable bonds is 7. The number of fused-ring (bicyclic) bond motifs is 5. The number of benzene rings is 2. The second-order valence-electron chi connectivity index (χ2n) is 16.1. The summed E-state index contributed by atoms with van der Waals surface area (Å²) in [5.74, 6) is -0.816. The molecule has 0 unspecified atom stereocenters. The average Bonchev–Trinajstić information content (AvgIpc) is 3.86. The maximum atomic E-state index is 17.4. The fraction of sp³-hybridized carbons (Fsp3) is 0.513. The summed E-state index contributed by atoms with van der Waals surface area (Å²) in [6, 6.07) is 6.31. The molecule has 11 nitrogen and oxygen atoms in total. The minimum atomic E-state index is -0.732. The van der Waals surface area contributed by atoms with Crippen molar-refractivity contribution in [2.45, 2.75) is 82.5 Å². The molecule has 0 aliphatic carbocycles. The standard InChI is InChI=1S/C39H43ClF2N8O3S/c1-38(2,3)53-37(51)50-22-8-9-23(50)19-48(18-22)34-25-16-27(40)30(24-10-11-28(41)33-29(24)26(17-43)35(54-33)44-21-47(4)5)31(42)32(25)45-36(46-34)52-20-39-12-6-14-49(39)15-7-13-39/h10-11,16,21-23H,6-9,12-15,18-20H2,1-5H3/t22-,23-/m0/s1. The van der Waals surface area contributed by atoms with E-state index in [-0.39, 0.29) is 67.0 Å². The van der Waals surface area contributed by atoms with Crippen molar-refractivity contribution in [2.24, 2.45) is 4.99 Å². The Hall–Kier alpha value is -4.32. The zero-order valence-corrected chi connectivity index (χ0v) is 32.7. The monoisotopic (exact) mass is 776 g/mol. The Balaban J connectivity index is 1.25. The summed E-state index contributed by atoms with van der Waals surface area (Å²) in [5.41, 5.74) is -0.349. The smallest absolute Gasteiger partial charge is 0.410 e. The van der Waals surface area contributed by atoms with Crippen molar-refractivity contribution in [1.29, 1.82) is 5.26 Å². The molecule has 4 fully saturated rings. The molecular formula is C39H43ClF2N8O3S. The van der Waals surface area contributed by atoms with Crippen molar-refractivity contribution in [3.05, 3.63) is 40.4 Å². The lowest BCUT2D eigenvalue weighted by atomic mass is 9.95. The molecule has 4 aliphatic heterocycles. The van der Waals surface area contributed by atoms with Gasteiger partial charge in [0.1, 0.15) is 40.4 Å². The highest BCUT2D eigenvalue weighted by atomic mass is 35.5. The van der Waals surface area contributed by atoms with E-state index in [0.717, 1.165) is 63.0 Å². The van der Waals surface area contributed by atoms with E-state index in [1.54, 1.807) is 25.1 Å². The number of aromatic nitrogens is 2. The predicted molar refractivity (Wildman–Crippen MR) is 207 cm³/mol. The number of amides is 1. The van der Waals surface area contributed by atoms with Crippen LogP contribution in [0.5, 0.6) is 6.01 Å². The van der Waals surface area contributed by atoms with E-state index in [0.29, 0.717) is 35.9 Å². The van der Waals surface area contributed by atoms with E-state index in [1.165, 1.54) is 18.5 Å². The minimum Gasteiger partial charge on any atom is -0.461 e. The van der Waals surface area contributed by atoms with Crippen LogP contribution in [0.25, 0.3) is 32.1 Å². The minimum absolute atomic E-state index is 0.000540. The lowest BCUT2D eigenvalue weighted by Gasteiger charge is -2.42. The summed E-state index contributed by atoms with van der Waals surface area (Å²) in [6.07, 6.45) is 7.00. The third-order valence-electron chi connectivity index (χ3n) is 11.1. The summed E-state index contributed by atoms with van der Waals surface area (Å²) in [4.78, 5) is 35.4. The van der Waals surface area contributed by atoms with Gasteiger partial charge in [-0.3, -0.25) is 9.80 Å². The Bertz CT molecular complexity index is 2210. The van der Waals surface area contributed by atoms with Crippen LogP contribution < -0.4 is 9.64 Å². The number of aliphatic imine (C=N–C) groups is 1. The van der Waals surface area contributed by atoms with E-state index < -0.39 is 17.2 Å². The van der Waals surface area contributed by atoms with Crippen LogP contribution >= 0.6 is 22.9 Å². The molecule has 4 aliphatic rings. The van der Waals surface area contributed by atoms with Crippen molar-refractivity contribution < 1.29 is 23.0 Å². The van der Waals surface area contributed by atoms with Gasteiger partial charge in [0.25, 0.3) is 0 Å². The molecule has 15 heteroatoms. The molecule has 6 heterocycles. The molecule has 2 bridgehead atoms. The predicted octanol–water partition coefficient (Wildman–Crippen LogP) is 8.13. The van der Waals surface area contributed by atoms with Gasteiger partial charge in [0.05, 0.1) is 39.2 Å². The summed E-state index contributed by atoms with van der Waals surface area (Å²) in [6.45, 7) is 8.90. The highest BCUT2D eigenvalue weighted by molar-refractivity contribution is 7.23. The summed E-state index contributed by atoms with van der Waals surface area (Å²) >= 11 is 8.03. The molecule has 8 rings (SSSR count). The first kappa shape index (κ1) is 36.6. The lowest BCUT2D eigenvalue weighted by molar-refractivity contribution is 0.0122. The number of ether oxygens (including phenoxy) is 2. The number of nitrogens with zero attached hydrogens (tertiary/aromatic N) is 8. The first-order chi connectivity index (χ1) is 25.8. The third-order valence-corrected chi connectivity index (χ3v) is 12.5. The molecule has 4 aromatic rings. The largest absolute Gasteiger partial charge is 0.461 e. The quantitative estimate of drug-likeness (QED) is 0.136. The van der Waals surface area contributed by atoms with Crippen LogP contribution in [0.3, 0.4) is 0 Å². The van der Waals surface area contributed by atoms with Crippen LogP contribution in [-0.4, -0.2) is 107 Å². The third kappa shape index (κ3) is 6.37. The molecule has 2 aromatic carbocycles. The van der Waals surface area contributed by atoms with Gasteiger partial charge in [0.2, 0.25) is 0 Å². The molecule has 2 aromatic heterocycles. The fourth-order valence-electron chi connectivity index (χ4n) is 8.79. The van der Waals surface area contributed by atoms with Gasteiger partial charge in [-0.2, -0.15) is 15.2 Å². The number of hydrogen-bond donors (Lipinski definition) is 0. The molecular weight excluding hydrogens is 734 g/mol. The zero-order chi connectivity index (χ0) is 38.1. The molecule has 54 heavy (non-hydrogen) atoms. The van der Waals surface area contributed by atoms with Crippen LogP contribution in [0.4, 0.5) is 24.4 Å². The van der Waals surface area contributed by atoms with Gasteiger partial charge in [-0.05, 0) is 90.1 Å². The summed E-state index contributed by atoms with van der Waals surface area (Å²) < 4.78 is 45.1. The molecule has 0 radical (unpaired) electrons. The number of carbonyl (C=O) groups is 1. The van der Waals surface area contributed by atoms with Crippen molar-refractivity contribution in [2.75, 3.05) is 51.8 Å². The second-order valence-corrected chi connectivity index (χ2v) is 17.5. The van der Waals surface area contributed by atoms with Crippen molar-refractivity contribution in [3.63, 3.8) is 0 Å². The van der Waals surface area contributed by atoms with Gasteiger partial charge in [-0.1, -0.05) is 17.7 Å². The number of nitriles is 1. The number of halogens is 3. The number of hydrogen-bond acceptors (Lipinski definition) is 10. The molecule has 0 N–H and O–H groups in total. The Labute approximate surface area is 322 Å². The number of piperazine rings is 1. The lowest BCUT2D eigenvalue weighted by Crippen LogP contribution is -2.57. The number of carbonyl (C=O) groups excluding carboxylic acids is 1. The highest BCUT2D eigenvalue weighted by Crippen LogP contribution is 2.48. The van der Waals surface area contributed by atoms with Crippen LogP contribution in [0.15, 0.2) is 23.2 Å². The number of anilines is 1. The van der Waals surface area contributed by atoms with Gasteiger partial charge in [-0.15, -0.1) is 11.3 Å². The van der Waals surface area contributed by atoms with Crippen molar-refractivity contribution in [3.8, 4) is 23.2 Å². The van der Waals surface area contributed by atoms with E-state index >= 15 is 8.78 Å². The first-order valence-corrected chi connectivity index (χ1v) is 19.7. The second kappa shape index (κ2) is 13.8. The van der Waals surface area contributed by atoms with Crippen molar-refractivity contribution >= 4 is 67.2 Å². The maximum absolute atomic E-state index is 17.4. The number of thiophene rings is 1. The van der Waals surface area contributed by atoms with Gasteiger partial charge in [0.15, 0.2) is 5.82 Å². The van der Waals surface area contributed by atoms with Gasteiger partial charge >= 0.3 is 12.1 Å². The first-order valence-electron chi connectivity index (χ1n) is 18.5. The summed E-state index contributed by atoms with van der Waals surface area (Å²) in [5, 5.41) is 11.3. The van der Waals surface area contributed by atoms with Crippen LogP contribution in [0.1, 0.15) is 64.9 Å². The Morgan fingerprint density at radius 2 is 1.87 bits per heavy atom. The zero-order valence-electron chi connectivity index (χ0n) is 31.1. The molecule has 4 saturated heterocycles. The molecule has 1 amide bonds. The van der Waals surface area contributed by atoms with Crippen LogP contribution in [0.2, 0.25) is 5.02 Å². The Morgan fingerprint density at radius 1 is 1.17 bits per heavy atom. The SMILES string of the molecule is CN(C)C=Nc1sc2c(F)ccc(-c3c(Cl)cc4c(N5C[C@@H]6CC[C@@H](C5)N6C(=O)OC(C)(C)C)nc(OCC56CCCN5CCC6)nc4c3F)c2c1C#N.